The van der Waals surface area contributed by atoms with Gasteiger partial charge in [0, 0.05) is 26.8 Å². The molecule has 1 aliphatic heterocycles. The summed E-state index contributed by atoms with van der Waals surface area (Å²) in [6.07, 6.45) is 1.75. The van der Waals surface area contributed by atoms with E-state index in [9.17, 15) is 18.0 Å². The van der Waals surface area contributed by atoms with Crippen molar-refractivity contribution in [2.75, 3.05) is 60.4 Å². The SMILES string of the molecule is COCCOc1cc(OCCOC)cc(C(=O)OCCOC(=O)[C@@H]2CCCCN2S(=O)(=O)Cc2ccccc2)c1. The van der Waals surface area contributed by atoms with Crippen molar-refractivity contribution in [3.8, 4) is 11.5 Å². The highest BCUT2D eigenvalue weighted by atomic mass is 32.2. The van der Waals surface area contributed by atoms with Gasteiger partial charge in [-0.05, 0) is 37.0 Å². The number of ether oxygens (including phenoxy) is 6. The summed E-state index contributed by atoms with van der Waals surface area (Å²) in [5.74, 6) is -0.705. The molecule has 0 aromatic heterocycles. The predicted molar refractivity (Wildman–Crippen MR) is 146 cm³/mol. The zero-order chi connectivity index (χ0) is 28.8. The molecule has 0 amide bonds. The fourth-order valence-corrected chi connectivity index (χ4v) is 5.91. The van der Waals surface area contributed by atoms with Gasteiger partial charge in [-0.3, -0.25) is 4.79 Å². The molecule has 0 radical (unpaired) electrons. The van der Waals surface area contributed by atoms with E-state index < -0.39 is 28.0 Å². The largest absolute Gasteiger partial charge is 0.491 e. The number of esters is 2. The van der Waals surface area contributed by atoms with Crippen molar-refractivity contribution in [2.45, 2.75) is 31.1 Å². The van der Waals surface area contributed by atoms with Crippen LogP contribution in [0.1, 0.15) is 35.2 Å². The van der Waals surface area contributed by atoms with Crippen LogP contribution in [0.4, 0.5) is 0 Å². The molecule has 1 aliphatic rings. The first-order valence-corrected chi connectivity index (χ1v) is 14.7. The van der Waals surface area contributed by atoms with Crippen LogP contribution in [0.15, 0.2) is 48.5 Å². The van der Waals surface area contributed by atoms with Crippen LogP contribution in [-0.2, 0) is 39.5 Å². The normalized spacial score (nSPS) is 15.8. The summed E-state index contributed by atoms with van der Waals surface area (Å²) in [4.78, 5) is 25.5. The van der Waals surface area contributed by atoms with Crippen molar-refractivity contribution in [3.05, 3.63) is 59.7 Å². The monoisotopic (exact) mass is 579 g/mol. The maximum Gasteiger partial charge on any atom is 0.338 e. The highest BCUT2D eigenvalue weighted by Crippen LogP contribution is 2.25. The molecular weight excluding hydrogens is 542 g/mol. The molecule has 0 saturated carbocycles. The van der Waals surface area contributed by atoms with E-state index in [-0.39, 0.29) is 44.3 Å². The van der Waals surface area contributed by atoms with Crippen LogP contribution in [0.5, 0.6) is 11.5 Å². The summed E-state index contributed by atoms with van der Waals surface area (Å²) >= 11 is 0. The van der Waals surface area contributed by atoms with Crippen LogP contribution < -0.4 is 9.47 Å². The third-order valence-corrected chi connectivity index (χ3v) is 7.91. The molecule has 12 heteroatoms. The Morgan fingerprint density at radius 3 is 2.08 bits per heavy atom. The van der Waals surface area contributed by atoms with E-state index in [1.807, 2.05) is 6.07 Å². The van der Waals surface area contributed by atoms with Crippen molar-refractivity contribution in [1.82, 2.24) is 4.31 Å². The number of methoxy groups -OCH3 is 2. The van der Waals surface area contributed by atoms with Gasteiger partial charge in [-0.1, -0.05) is 30.3 Å². The average Bonchev–Trinajstić information content (AvgIpc) is 2.95. The summed E-state index contributed by atoms with van der Waals surface area (Å²) in [5, 5.41) is 0. The molecule has 2 aromatic carbocycles. The number of carbonyl (C=O) groups is 2. The number of hydrogen-bond acceptors (Lipinski definition) is 10. The Labute approximate surface area is 235 Å². The maximum absolute atomic E-state index is 13.1. The standard InChI is InChI=1S/C28H37NO10S/c1-34-12-14-36-24-18-23(19-25(20-24)37-15-13-35-2)27(30)38-16-17-39-28(31)26-10-6-7-11-29(26)40(32,33)21-22-8-4-3-5-9-22/h3-5,8-9,18-20,26H,6-7,10-17,21H2,1-2H3/t26-/m0/s1. The second-order valence-corrected chi connectivity index (χ2v) is 11.0. The number of carbonyl (C=O) groups excluding carboxylic acids is 2. The first kappa shape index (κ1) is 31.3. The van der Waals surface area contributed by atoms with E-state index in [4.69, 9.17) is 28.4 Å². The van der Waals surface area contributed by atoms with E-state index in [1.165, 1.54) is 16.4 Å². The summed E-state index contributed by atoms with van der Waals surface area (Å²) in [5.41, 5.74) is 0.839. The number of benzene rings is 2. The average molecular weight is 580 g/mol. The van der Waals surface area contributed by atoms with Gasteiger partial charge in [0.2, 0.25) is 10.0 Å². The second-order valence-electron chi connectivity index (χ2n) is 9.04. The van der Waals surface area contributed by atoms with E-state index in [2.05, 4.69) is 0 Å². The van der Waals surface area contributed by atoms with Crippen molar-refractivity contribution < 1.29 is 46.4 Å². The van der Waals surface area contributed by atoms with E-state index in [1.54, 1.807) is 44.6 Å². The first-order chi connectivity index (χ1) is 19.3. The smallest absolute Gasteiger partial charge is 0.338 e. The molecule has 0 unspecified atom stereocenters. The van der Waals surface area contributed by atoms with Crippen molar-refractivity contribution in [3.63, 3.8) is 0 Å². The topological polar surface area (TPSA) is 127 Å². The molecule has 0 spiro atoms. The molecule has 1 atom stereocenters. The van der Waals surface area contributed by atoms with Gasteiger partial charge in [-0.25, -0.2) is 13.2 Å². The Bertz CT molecular complexity index is 1160. The van der Waals surface area contributed by atoms with Gasteiger partial charge in [0.25, 0.3) is 0 Å². The van der Waals surface area contributed by atoms with E-state index >= 15 is 0 Å². The molecule has 1 saturated heterocycles. The Morgan fingerprint density at radius 2 is 1.45 bits per heavy atom. The minimum absolute atomic E-state index is 0.194. The summed E-state index contributed by atoms with van der Waals surface area (Å²) in [7, 11) is -0.620. The fraction of sp³-hybridized carbons (Fsp3) is 0.500. The van der Waals surface area contributed by atoms with Crippen LogP contribution in [0.25, 0.3) is 0 Å². The van der Waals surface area contributed by atoms with Crippen LogP contribution in [0.3, 0.4) is 0 Å². The minimum Gasteiger partial charge on any atom is -0.491 e. The molecule has 0 bridgehead atoms. The van der Waals surface area contributed by atoms with Gasteiger partial charge < -0.3 is 28.4 Å². The van der Waals surface area contributed by atoms with Crippen LogP contribution in [0.2, 0.25) is 0 Å². The van der Waals surface area contributed by atoms with Crippen LogP contribution >= 0.6 is 0 Å². The number of hydrogen-bond donors (Lipinski definition) is 0. The molecule has 11 nitrogen and oxygen atoms in total. The van der Waals surface area contributed by atoms with E-state index in [0.29, 0.717) is 49.5 Å². The van der Waals surface area contributed by atoms with Gasteiger partial charge in [0.15, 0.2) is 0 Å². The van der Waals surface area contributed by atoms with Gasteiger partial charge >= 0.3 is 11.9 Å². The molecule has 0 aliphatic carbocycles. The highest BCUT2D eigenvalue weighted by molar-refractivity contribution is 7.88. The Hall–Kier alpha value is -3.19. The third-order valence-electron chi connectivity index (χ3n) is 6.06. The molecule has 1 fully saturated rings. The number of rotatable bonds is 16. The highest BCUT2D eigenvalue weighted by Gasteiger charge is 2.37. The molecule has 40 heavy (non-hydrogen) atoms. The van der Waals surface area contributed by atoms with Gasteiger partial charge in [0.05, 0.1) is 24.5 Å². The Balaban J connectivity index is 1.55. The molecular formula is C28H37NO10S. The lowest BCUT2D eigenvalue weighted by Gasteiger charge is -2.33. The van der Waals surface area contributed by atoms with Crippen LogP contribution in [-0.4, -0.2) is 91.1 Å². The van der Waals surface area contributed by atoms with Gasteiger partial charge in [-0.15, -0.1) is 0 Å². The summed E-state index contributed by atoms with van der Waals surface area (Å²) in [6, 6.07) is 12.6. The third kappa shape index (κ3) is 9.77. The van der Waals surface area contributed by atoms with Crippen LogP contribution in [0, 0.1) is 0 Å². The lowest BCUT2D eigenvalue weighted by molar-refractivity contribution is -0.150. The first-order valence-electron chi connectivity index (χ1n) is 13.1. The van der Waals surface area contributed by atoms with Crippen molar-refractivity contribution >= 4 is 22.0 Å². The van der Waals surface area contributed by atoms with Crippen molar-refractivity contribution in [2.24, 2.45) is 0 Å². The molecule has 220 valence electrons. The molecule has 1 heterocycles. The van der Waals surface area contributed by atoms with Crippen molar-refractivity contribution in [1.29, 1.82) is 0 Å². The zero-order valence-corrected chi connectivity index (χ0v) is 23.7. The zero-order valence-electron chi connectivity index (χ0n) is 22.9. The number of nitrogens with zero attached hydrogens (tertiary/aromatic N) is 1. The van der Waals surface area contributed by atoms with Gasteiger partial charge in [-0.2, -0.15) is 4.31 Å². The summed E-state index contributed by atoms with van der Waals surface area (Å²) in [6.45, 7) is 1.13. The fourth-order valence-electron chi connectivity index (χ4n) is 4.14. The molecule has 2 aromatic rings. The quantitative estimate of drug-likeness (QED) is 0.216. The number of sulfonamides is 1. The predicted octanol–water partition coefficient (Wildman–Crippen LogP) is 2.82. The lowest BCUT2D eigenvalue weighted by atomic mass is 10.1. The molecule has 3 rings (SSSR count). The Morgan fingerprint density at radius 1 is 0.825 bits per heavy atom. The maximum atomic E-state index is 13.1. The van der Waals surface area contributed by atoms with E-state index in [0.717, 1.165) is 0 Å². The number of piperidine rings is 1. The minimum atomic E-state index is -3.73. The second kappa shape index (κ2) is 16.2. The Kier molecular flexibility index (Phi) is 12.7. The summed E-state index contributed by atoms with van der Waals surface area (Å²) < 4.78 is 59.2. The van der Waals surface area contributed by atoms with Gasteiger partial charge in [0.1, 0.15) is 44.0 Å². The lowest BCUT2D eigenvalue weighted by Crippen LogP contribution is -2.49. The molecule has 0 N–H and O–H groups in total.